The van der Waals surface area contributed by atoms with E-state index in [1.165, 1.54) is 10.5 Å². The standard InChI is InChI=1S/C26H23N5O3/c1-16-8-6-12-30-23(16)29-24-21(26(30)33)14-20(22(27)31(24)15-19-11-7-13-34-19)25(32)28-17(2)18-9-4-3-5-10-18/h3-14,17,27H,15H2,1-2H3,(H,28,32). The first-order chi connectivity index (χ1) is 16.4. The predicted octanol–water partition coefficient (Wildman–Crippen LogP) is 3.57. The minimum absolute atomic E-state index is 0.0495. The summed E-state index contributed by atoms with van der Waals surface area (Å²) >= 11 is 0. The van der Waals surface area contributed by atoms with Gasteiger partial charge in [-0.25, -0.2) is 4.98 Å². The lowest BCUT2D eigenvalue weighted by Gasteiger charge is -2.17. The number of hydrogen-bond acceptors (Lipinski definition) is 5. The second-order valence-corrected chi connectivity index (χ2v) is 8.22. The normalized spacial score (nSPS) is 12.2. The lowest BCUT2D eigenvalue weighted by Crippen LogP contribution is -2.36. The summed E-state index contributed by atoms with van der Waals surface area (Å²) in [6.07, 6.45) is 3.20. The van der Waals surface area contributed by atoms with Crippen LogP contribution in [0.25, 0.3) is 16.7 Å². The highest BCUT2D eigenvalue weighted by atomic mass is 16.3. The van der Waals surface area contributed by atoms with Crippen LogP contribution in [0, 0.1) is 12.3 Å². The molecule has 0 aliphatic carbocycles. The molecule has 4 aromatic heterocycles. The molecule has 170 valence electrons. The van der Waals surface area contributed by atoms with Crippen molar-refractivity contribution in [3.63, 3.8) is 0 Å². The fourth-order valence-electron chi connectivity index (χ4n) is 4.08. The molecule has 1 atom stereocenters. The summed E-state index contributed by atoms with van der Waals surface area (Å²) in [6.45, 7) is 3.91. The highest BCUT2D eigenvalue weighted by molar-refractivity contribution is 5.97. The molecule has 1 unspecified atom stereocenters. The molecule has 5 rings (SSSR count). The van der Waals surface area contributed by atoms with E-state index in [0.29, 0.717) is 17.1 Å². The molecular weight excluding hydrogens is 430 g/mol. The number of fused-ring (bicyclic) bond motifs is 2. The van der Waals surface area contributed by atoms with Crippen LogP contribution in [0.1, 0.15) is 40.2 Å². The van der Waals surface area contributed by atoms with Crippen molar-refractivity contribution in [1.29, 1.82) is 5.41 Å². The van der Waals surface area contributed by atoms with E-state index in [2.05, 4.69) is 5.32 Å². The summed E-state index contributed by atoms with van der Waals surface area (Å²) in [4.78, 5) is 31.4. The number of carbonyl (C=O) groups is 1. The molecule has 0 saturated carbocycles. The Balaban J connectivity index is 1.71. The summed E-state index contributed by atoms with van der Waals surface area (Å²) in [5, 5.41) is 12.1. The van der Waals surface area contributed by atoms with E-state index < -0.39 is 5.91 Å². The third-order valence-corrected chi connectivity index (χ3v) is 5.92. The molecule has 0 aliphatic heterocycles. The second kappa shape index (κ2) is 8.47. The second-order valence-electron chi connectivity index (χ2n) is 8.22. The molecular formula is C26H23N5O3. The molecule has 4 heterocycles. The molecule has 0 spiro atoms. The zero-order valence-corrected chi connectivity index (χ0v) is 18.8. The molecule has 34 heavy (non-hydrogen) atoms. The van der Waals surface area contributed by atoms with Gasteiger partial charge >= 0.3 is 0 Å². The number of nitrogens with zero attached hydrogens (tertiary/aromatic N) is 3. The number of amides is 1. The number of nitrogens with one attached hydrogen (secondary N) is 2. The summed E-state index contributed by atoms with van der Waals surface area (Å²) in [5.74, 6) is 0.145. The van der Waals surface area contributed by atoms with Crippen LogP contribution in [0.4, 0.5) is 0 Å². The highest BCUT2D eigenvalue weighted by Crippen LogP contribution is 2.16. The van der Waals surface area contributed by atoms with Gasteiger partial charge in [-0.2, -0.15) is 0 Å². The average molecular weight is 454 g/mol. The van der Waals surface area contributed by atoms with Gasteiger partial charge in [-0.05, 0) is 49.2 Å². The maximum absolute atomic E-state index is 13.4. The third kappa shape index (κ3) is 3.69. The van der Waals surface area contributed by atoms with Crippen molar-refractivity contribution < 1.29 is 9.21 Å². The summed E-state index contributed by atoms with van der Waals surface area (Å²) in [5.41, 5.74) is 2.34. The lowest BCUT2D eigenvalue weighted by atomic mass is 10.1. The van der Waals surface area contributed by atoms with Crippen LogP contribution in [-0.4, -0.2) is 19.9 Å². The van der Waals surface area contributed by atoms with Gasteiger partial charge in [0, 0.05) is 6.20 Å². The van der Waals surface area contributed by atoms with Gasteiger partial charge in [-0.1, -0.05) is 36.4 Å². The summed E-state index contributed by atoms with van der Waals surface area (Å²) in [7, 11) is 0. The van der Waals surface area contributed by atoms with E-state index >= 15 is 0 Å². The number of furan rings is 1. The van der Waals surface area contributed by atoms with Crippen LogP contribution in [0.15, 0.2) is 82.3 Å². The minimum Gasteiger partial charge on any atom is -0.467 e. The van der Waals surface area contributed by atoms with E-state index in [-0.39, 0.29) is 34.6 Å². The van der Waals surface area contributed by atoms with Crippen LogP contribution in [0.3, 0.4) is 0 Å². The van der Waals surface area contributed by atoms with E-state index in [0.717, 1.165) is 11.1 Å². The van der Waals surface area contributed by atoms with E-state index in [9.17, 15) is 9.59 Å². The van der Waals surface area contributed by atoms with Crippen LogP contribution in [0.2, 0.25) is 0 Å². The van der Waals surface area contributed by atoms with Gasteiger partial charge in [0.2, 0.25) is 0 Å². The largest absolute Gasteiger partial charge is 0.467 e. The number of aromatic nitrogens is 3. The molecule has 0 saturated heterocycles. The van der Waals surface area contributed by atoms with Crippen molar-refractivity contribution >= 4 is 22.6 Å². The minimum atomic E-state index is -0.440. The number of rotatable bonds is 5. The first-order valence-electron chi connectivity index (χ1n) is 10.9. The molecule has 5 aromatic rings. The summed E-state index contributed by atoms with van der Waals surface area (Å²) in [6, 6.07) is 17.9. The van der Waals surface area contributed by atoms with Gasteiger partial charge in [0.25, 0.3) is 11.5 Å². The van der Waals surface area contributed by atoms with Gasteiger partial charge in [0.15, 0.2) is 0 Å². The van der Waals surface area contributed by atoms with E-state index in [1.54, 1.807) is 35.2 Å². The molecule has 8 nitrogen and oxygen atoms in total. The molecule has 1 amide bonds. The van der Waals surface area contributed by atoms with Crippen LogP contribution >= 0.6 is 0 Å². The van der Waals surface area contributed by atoms with E-state index in [1.807, 2.05) is 50.2 Å². The maximum atomic E-state index is 13.4. The van der Waals surface area contributed by atoms with Gasteiger partial charge in [-0.15, -0.1) is 0 Å². The number of pyridine rings is 2. The topological polar surface area (TPSA) is 105 Å². The van der Waals surface area contributed by atoms with Crippen molar-refractivity contribution in [1.82, 2.24) is 19.3 Å². The Labute approximate surface area is 194 Å². The number of carbonyl (C=O) groups excluding carboxylic acids is 1. The fourth-order valence-corrected chi connectivity index (χ4v) is 4.08. The Morgan fingerprint density at radius 3 is 2.65 bits per heavy atom. The van der Waals surface area contributed by atoms with Crippen LogP contribution < -0.4 is 16.4 Å². The molecule has 0 aliphatic rings. The Kier molecular flexibility index (Phi) is 5.33. The van der Waals surface area contributed by atoms with Gasteiger partial charge in [0.05, 0.1) is 29.8 Å². The Hall–Kier alpha value is -4.46. The SMILES string of the molecule is Cc1cccn2c(=O)c3cc(C(=O)NC(C)c4ccccc4)c(=N)n(Cc4ccco4)c3nc12. The number of aryl methyl sites for hydroxylation is 1. The predicted molar refractivity (Wildman–Crippen MR) is 128 cm³/mol. The van der Waals surface area contributed by atoms with Crippen molar-refractivity contribution in [3.05, 3.63) is 111 Å². The Morgan fingerprint density at radius 2 is 1.91 bits per heavy atom. The zero-order chi connectivity index (χ0) is 23.8. The van der Waals surface area contributed by atoms with Gasteiger partial charge in [-0.3, -0.25) is 19.4 Å². The van der Waals surface area contributed by atoms with Crippen molar-refractivity contribution in [2.24, 2.45) is 0 Å². The Bertz CT molecular complexity index is 1630. The molecule has 1 aromatic carbocycles. The van der Waals surface area contributed by atoms with Gasteiger partial charge < -0.3 is 14.3 Å². The smallest absolute Gasteiger partial charge is 0.267 e. The number of hydrogen-bond donors (Lipinski definition) is 2. The monoisotopic (exact) mass is 453 g/mol. The van der Waals surface area contributed by atoms with Gasteiger partial charge in [0.1, 0.15) is 22.5 Å². The molecule has 0 fully saturated rings. The zero-order valence-electron chi connectivity index (χ0n) is 18.8. The first kappa shape index (κ1) is 21.4. The summed E-state index contributed by atoms with van der Waals surface area (Å²) < 4.78 is 8.50. The van der Waals surface area contributed by atoms with Crippen molar-refractivity contribution in [2.45, 2.75) is 26.4 Å². The number of benzene rings is 1. The quantitative estimate of drug-likeness (QED) is 0.397. The van der Waals surface area contributed by atoms with Crippen molar-refractivity contribution in [2.75, 3.05) is 0 Å². The van der Waals surface area contributed by atoms with Crippen LogP contribution in [0.5, 0.6) is 0 Å². The lowest BCUT2D eigenvalue weighted by molar-refractivity contribution is 0.0937. The molecule has 2 N–H and O–H groups in total. The van der Waals surface area contributed by atoms with Crippen molar-refractivity contribution in [3.8, 4) is 0 Å². The molecule has 8 heteroatoms. The average Bonchev–Trinajstić information content (AvgIpc) is 3.35. The maximum Gasteiger partial charge on any atom is 0.267 e. The van der Waals surface area contributed by atoms with Crippen LogP contribution in [-0.2, 0) is 6.54 Å². The molecule has 0 radical (unpaired) electrons. The third-order valence-electron chi connectivity index (χ3n) is 5.92. The van der Waals surface area contributed by atoms with E-state index in [4.69, 9.17) is 14.8 Å². The first-order valence-corrected chi connectivity index (χ1v) is 10.9. The molecule has 0 bridgehead atoms. The fraction of sp³-hybridized carbons (Fsp3) is 0.154. The Morgan fingerprint density at radius 1 is 1.12 bits per heavy atom. The highest BCUT2D eigenvalue weighted by Gasteiger charge is 2.20.